The highest BCUT2D eigenvalue weighted by Crippen LogP contribution is 2.35. The van der Waals surface area contributed by atoms with Crippen LogP contribution in [0.1, 0.15) is 37.7 Å². The van der Waals surface area contributed by atoms with Gasteiger partial charge in [-0.25, -0.2) is 14.8 Å². The van der Waals surface area contributed by atoms with Crippen LogP contribution in [-0.2, 0) is 25.7 Å². The van der Waals surface area contributed by atoms with Crippen LogP contribution in [0.3, 0.4) is 0 Å². The molecule has 0 amide bonds. The summed E-state index contributed by atoms with van der Waals surface area (Å²) in [6.07, 6.45) is 3.43. The van der Waals surface area contributed by atoms with E-state index in [1.54, 1.807) is 0 Å². The summed E-state index contributed by atoms with van der Waals surface area (Å²) < 4.78 is 0. The monoisotopic (exact) mass is 429 g/mol. The Morgan fingerprint density at radius 1 is 1.03 bits per heavy atom. The number of hydrogen-bond acceptors (Lipinski definition) is 5. The number of aryl methyl sites for hydroxylation is 3. The Hall–Kier alpha value is -3.25. The Morgan fingerprint density at radius 3 is 2.39 bits per heavy atom. The maximum absolute atomic E-state index is 11.7. The summed E-state index contributed by atoms with van der Waals surface area (Å²) in [6.45, 7) is 1.85. The van der Waals surface area contributed by atoms with Gasteiger partial charge in [0.2, 0.25) is 0 Å². The molecule has 31 heavy (non-hydrogen) atoms. The Bertz CT molecular complexity index is 1240. The van der Waals surface area contributed by atoms with Gasteiger partial charge in [-0.15, -0.1) is 11.3 Å². The molecule has 0 fully saturated rings. The van der Waals surface area contributed by atoms with E-state index in [1.165, 1.54) is 28.0 Å². The van der Waals surface area contributed by atoms with Gasteiger partial charge in [-0.05, 0) is 48.4 Å². The molecule has 5 rings (SSSR count). The van der Waals surface area contributed by atoms with Gasteiger partial charge in [0.25, 0.3) is 0 Å². The quantitative estimate of drug-likeness (QED) is 0.448. The van der Waals surface area contributed by atoms with Crippen molar-refractivity contribution in [2.45, 2.75) is 38.6 Å². The van der Waals surface area contributed by atoms with Gasteiger partial charge < -0.3 is 10.4 Å². The zero-order valence-corrected chi connectivity index (χ0v) is 18.1. The largest absolute Gasteiger partial charge is 0.477 e. The molecule has 4 aromatic rings. The number of nitrogens with one attached hydrogen (secondary N) is 1. The molecular weight excluding hydrogens is 406 g/mol. The number of aromatic carboxylic acids is 1. The normalized spacial score (nSPS) is 13.5. The Labute approximate surface area is 184 Å². The molecule has 6 heteroatoms. The van der Waals surface area contributed by atoms with Crippen molar-refractivity contribution >= 4 is 33.3 Å². The summed E-state index contributed by atoms with van der Waals surface area (Å²) in [6, 6.07) is 19.0. The summed E-state index contributed by atoms with van der Waals surface area (Å²) in [5, 5.41) is 14.1. The van der Waals surface area contributed by atoms with Gasteiger partial charge in [-0.1, -0.05) is 54.6 Å². The second-order valence-electron chi connectivity index (χ2n) is 8.03. The highest BCUT2D eigenvalue weighted by Gasteiger charge is 2.25. The van der Waals surface area contributed by atoms with Gasteiger partial charge in [0.1, 0.15) is 21.3 Å². The van der Waals surface area contributed by atoms with Crippen molar-refractivity contribution in [1.82, 2.24) is 9.97 Å². The molecule has 0 saturated carbocycles. The first-order chi connectivity index (χ1) is 15.1. The maximum atomic E-state index is 11.7. The molecule has 2 aromatic heterocycles. The minimum absolute atomic E-state index is 0.241. The number of carbonyl (C=O) groups is 1. The Morgan fingerprint density at radius 2 is 1.71 bits per heavy atom. The van der Waals surface area contributed by atoms with E-state index in [-0.39, 0.29) is 6.04 Å². The van der Waals surface area contributed by atoms with Gasteiger partial charge in [0.05, 0.1) is 5.39 Å². The van der Waals surface area contributed by atoms with Crippen molar-refractivity contribution in [2.24, 2.45) is 0 Å². The zero-order chi connectivity index (χ0) is 21.4. The topological polar surface area (TPSA) is 75.1 Å². The van der Waals surface area contributed by atoms with E-state index in [4.69, 9.17) is 9.97 Å². The third-order valence-corrected chi connectivity index (χ3v) is 7.08. The van der Waals surface area contributed by atoms with Crippen LogP contribution in [0.5, 0.6) is 0 Å². The second-order valence-corrected chi connectivity index (χ2v) is 9.03. The van der Waals surface area contributed by atoms with E-state index >= 15 is 0 Å². The minimum Gasteiger partial charge on any atom is -0.477 e. The van der Waals surface area contributed by atoms with Crippen LogP contribution in [0, 0.1) is 6.92 Å². The van der Waals surface area contributed by atoms with Gasteiger partial charge in [0.15, 0.2) is 0 Å². The van der Waals surface area contributed by atoms with Crippen LogP contribution in [0.2, 0.25) is 0 Å². The van der Waals surface area contributed by atoms with Crippen LogP contribution in [0.15, 0.2) is 54.6 Å². The van der Waals surface area contributed by atoms with Gasteiger partial charge in [0, 0.05) is 12.5 Å². The summed E-state index contributed by atoms with van der Waals surface area (Å²) in [7, 11) is 0. The fraction of sp³-hybridized carbons (Fsp3) is 0.240. The third-order valence-electron chi connectivity index (χ3n) is 5.90. The fourth-order valence-electron chi connectivity index (χ4n) is 4.36. The number of fused-ring (bicyclic) bond motifs is 2. The van der Waals surface area contributed by atoms with Crippen LogP contribution in [0.25, 0.3) is 10.2 Å². The van der Waals surface area contributed by atoms with Crippen LogP contribution in [0.4, 0.5) is 5.82 Å². The summed E-state index contributed by atoms with van der Waals surface area (Å²) in [4.78, 5) is 22.4. The molecule has 0 spiro atoms. The first kappa shape index (κ1) is 19.7. The average Bonchev–Trinajstić information content (AvgIpc) is 3.33. The predicted octanol–water partition coefficient (Wildman–Crippen LogP) is 5.06. The molecule has 0 atom stereocenters. The summed E-state index contributed by atoms with van der Waals surface area (Å²) in [5.41, 5.74) is 4.70. The van der Waals surface area contributed by atoms with Crippen LogP contribution < -0.4 is 5.32 Å². The van der Waals surface area contributed by atoms with E-state index in [0.29, 0.717) is 11.3 Å². The number of benzene rings is 2. The lowest BCUT2D eigenvalue weighted by Gasteiger charge is -2.15. The number of carboxylic acid groups (broad SMARTS) is 1. The number of thiophene rings is 1. The van der Waals surface area contributed by atoms with Crippen molar-refractivity contribution in [1.29, 1.82) is 0 Å². The molecule has 0 unspecified atom stereocenters. The van der Waals surface area contributed by atoms with Gasteiger partial charge >= 0.3 is 5.97 Å². The standard InChI is InChI=1S/C25H23N3O2S/c1-15-21-23(26-19-13-17-9-5-6-10-18(17)14-19)27-20(12-11-16-7-3-2-4-8-16)28-24(21)31-22(15)25(29)30/h2-10,19H,11-14H2,1H3,(H,29,30)(H,26,27,28). The van der Waals surface area contributed by atoms with Crippen molar-refractivity contribution in [3.63, 3.8) is 0 Å². The zero-order valence-electron chi connectivity index (χ0n) is 17.3. The molecule has 2 N–H and O–H groups in total. The van der Waals surface area contributed by atoms with Crippen molar-refractivity contribution in [2.75, 3.05) is 5.32 Å². The van der Waals surface area contributed by atoms with E-state index < -0.39 is 5.97 Å². The highest BCUT2D eigenvalue weighted by molar-refractivity contribution is 7.20. The molecule has 5 nitrogen and oxygen atoms in total. The van der Waals surface area contributed by atoms with Crippen molar-refractivity contribution in [3.05, 3.63) is 87.6 Å². The SMILES string of the molecule is Cc1c(C(=O)O)sc2nc(CCc3ccccc3)nc(NC3Cc4ccccc4C3)c12. The average molecular weight is 430 g/mol. The molecule has 0 aliphatic heterocycles. The van der Waals surface area contributed by atoms with Gasteiger partial charge in [-0.2, -0.15) is 0 Å². The van der Waals surface area contributed by atoms with Crippen molar-refractivity contribution in [3.8, 4) is 0 Å². The molecule has 2 aromatic carbocycles. The third kappa shape index (κ3) is 3.91. The van der Waals surface area contributed by atoms with E-state index in [2.05, 4.69) is 41.7 Å². The molecule has 0 radical (unpaired) electrons. The number of anilines is 1. The number of rotatable bonds is 6. The fourth-order valence-corrected chi connectivity index (χ4v) is 5.40. The number of carboxylic acids is 1. The van der Waals surface area contributed by atoms with E-state index in [0.717, 1.165) is 46.7 Å². The molecular formula is C25H23N3O2S. The number of nitrogens with zero attached hydrogens (tertiary/aromatic N) is 2. The van der Waals surface area contributed by atoms with Crippen LogP contribution in [-0.4, -0.2) is 27.1 Å². The molecule has 2 heterocycles. The molecule has 1 aliphatic carbocycles. The Balaban J connectivity index is 1.49. The highest BCUT2D eigenvalue weighted by atomic mass is 32.1. The number of aromatic nitrogens is 2. The lowest BCUT2D eigenvalue weighted by molar-refractivity contribution is 0.0701. The summed E-state index contributed by atoms with van der Waals surface area (Å²) >= 11 is 1.24. The maximum Gasteiger partial charge on any atom is 0.346 e. The second kappa shape index (κ2) is 8.12. The predicted molar refractivity (Wildman–Crippen MR) is 124 cm³/mol. The van der Waals surface area contributed by atoms with Gasteiger partial charge in [-0.3, -0.25) is 0 Å². The smallest absolute Gasteiger partial charge is 0.346 e. The lowest BCUT2D eigenvalue weighted by atomic mass is 10.1. The lowest BCUT2D eigenvalue weighted by Crippen LogP contribution is -2.21. The molecule has 1 aliphatic rings. The number of hydrogen-bond donors (Lipinski definition) is 2. The first-order valence-corrected chi connectivity index (χ1v) is 11.3. The summed E-state index contributed by atoms with van der Waals surface area (Å²) in [5.74, 6) is 0.588. The van der Waals surface area contributed by atoms with E-state index in [1.807, 2.05) is 25.1 Å². The van der Waals surface area contributed by atoms with Crippen molar-refractivity contribution < 1.29 is 9.90 Å². The van der Waals surface area contributed by atoms with E-state index in [9.17, 15) is 9.90 Å². The van der Waals surface area contributed by atoms with Crippen LogP contribution >= 0.6 is 11.3 Å². The Kier molecular flexibility index (Phi) is 5.16. The molecule has 0 saturated heterocycles. The first-order valence-electron chi connectivity index (χ1n) is 10.5. The molecule has 156 valence electrons. The minimum atomic E-state index is -0.912. The molecule has 0 bridgehead atoms.